The molecule has 3 heteroatoms. The van der Waals surface area contributed by atoms with Gasteiger partial charge in [0.15, 0.2) is 0 Å². The summed E-state index contributed by atoms with van der Waals surface area (Å²) in [6.45, 7) is 2.82. The minimum atomic E-state index is 0.307. The molecular weight excluding hydrogens is 140 g/mol. The topological polar surface area (TPSA) is 38.5 Å². The maximum atomic E-state index is 5.82. The van der Waals surface area contributed by atoms with Crippen molar-refractivity contribution in [2.75, 3.05) is 20.7 Å². The van der Waals surface area contributed by atoms with Crippen LogP contribution in [0.2, 0.25) is 0 Å². The van der Waals surface area contributed by atoms with Crippen molar-refractivity contribution in [1.29, 1.82) is 0 Å². The number of hydrogen-bond acceptors (Lipinski definition) is 3. The average molecular weight is 158 g/mol. The zero-order valence-corrected chi connectivity index (χ0v) is 7.58. The monoisotopic (exact) mass is 158 g/mol. The van der Waals surface area contributed by atoms with E-state index in [1.807, 2.05) is 6.92 Å². The van der Waals surface area contributed by atoms with E-state index in [0.717, 1.165) is 13.0 Å². The molecule has 0 aromatic heterocycles. The van der Waals surface area contributed by atoms with Gasteiger partial charge in [0.1, 0.15) is 0 Å². The van der Waals surface area contributed by atoms with Gasteiger partial charge in [-0.2, -0.15) is 0 Å². The van der Waals surface area contributed by atoms with Crippen LogP contribution in [0.4, 0.5) is 0 Å². The SMILES string of the molecule is CCOC1CC(N)C1N(C)C. The lowest BCUT2D eigenvalue weighted by molar-refractivity contribution is -0.0658. The first-order valence-corrected chi connectivity index (χ1v) is 4.20. The molecule has 3 nitrogen and oxygen atoms in total. The van der Waals surface area contributed by atoms with Crippen molar-refractivity contribution in [3.63, 3.8) is 0 Å². The largest absolute Gasteiger partial charge is 0.377 e. The molecule has 0 saturated heterocycles. The Labute approximate surface area is 68.5 Å². The van der Waals surface area contributed by atoms with Crippen molar-refractivity contribution in [1.82, 2.24) is 4.90 Å². The molecule has 0 spiro atoms. The third-order valence-corrected chi connectivity index (χ3v) is 2.30. The summed E-state index contributed by atoms with van der Waals surface area (Å²) in [5.41, 5.74) is 5.82. The molecule has 0 bridgehead atoms. The van der Waals surface area contributed by atoms with Gasteiger partial charge < -0.3 is 15.4 Å². The van der Waals surface area contributed by atoms with Crippen LogP contribution in [0.1, 0.15) is 13.3 Å². The Morgan fingerprint density at radius 2 is 2.18 bits per heavy atom. The van der Waals surface area contributed by atoms with Crippen LogP contribution in [-0.2, 0) is 4.74 Å². The number of ether oxygens (including phenoxy) is 1. The molecule has 66 valence electrons. The normalized spacial score (nSPS) is 37.4. The van der Waals surface area contributed by atoms with Gasteiger partial charge in [0, 0.05) is 12.6 Å². The van der Waals surface area contributed by atoms with Gasteiger partial charge in [-0.15, -0.1) is 0 Å². The zero-order valence-electron chi connectivity index (χ0n) is 7.58. The Kier molecular flexibility index (Phi) is 2.87. The van der Waals surface area contributed by atoms with Crippen molar-refractivity contribution in [3.8, 4) is 0 Å². The molecule has 0 amide bonds. The van der Waals surface area contributed by atoms with Crippen molar-refractivity contribution < 1.29 is 4.74 Å². The highest BCUT2D eigenvalue weighted by molar-refractivity contribution is 4.98. The van der Waals surface area contributed by atoms with Gasteiger partial charge in [-0.1, -0.05) is 0 Å². The fourth-order valence-electron chi connectivity index (χ4n) is 1.72. The summed E-state index contributed by atoms with van der Waals surface area (Å²) in [7, 11) is 4.10. The van der Waals surface area contributed by atoms with Gasteiger partial charge in [-0.25, -0.2) is 0 Å². The number of nitrogens with zero attached hydrogens (tertiary/aromatic N) is 1. The summed E-state index contributed by atoms with van der Waals surface area (Å²) in [5.74, 6) is 0. The van der Waals surface area contributed by atoms with Crippen molar-refractivity contribution in [2.45, 2.75) is 31.5 Å². The molecule has 1 fully saturated rings. The first kappa shape index (κ1) is 8.97. The second-order valence-corrected chi connectivity index (χ2v) is 3.35. The Balaban J connectivity index is 2.35. The lowest BCUT2D eigenvalue weighted by atomic mass is 9.83. The van der Waals surface area contributed by atoms with Crippen molar-refractivity contribution in [3.05, 3.63) is 0 Å². The predicted octanol–water partition coefficient (Wildman–Crippen LogP) is 0.0527. The maximum absolute atomic E-state index is 5.82. The van der Waals surface area contributed by atoms with E-state index in [4.69, 9.17) is 10.5 Å². The van der Waals surface area contributed by atoms with Gasteiger partial charge >= 0.3 is 0 Å². The molecular formula is C8H18N2O. The Hall–Kier alpha value is -0.120. The number of rotatable bonds is 3. The van der Waals surface area contributed by atoms with Crippen LogP contribution in [0.5, 0.6) is 0 Å². The van der Waals surface area contributed by atoms with E-state index < -0.39 is 0 Å². The smallest absolute Gasteiger partial charge is 0.0760 e. The summed E-state index contributed by atoms with van der Waals surface area (Å²) in [5, 5.41) is 0. The molecule has 2 N–H and O–H groups in total. The second-order valence-electron chi connectivity index (χ2n) is 3.35. The summed E-state index contributed by atoms with van der Waals surface area (Å²) in [4.78, 5) is 2.15. The van der Waals surface area contributed by atoms with Crippen molar-refractivity contribution >= 4 is 0 Å². The standard InChI is InChI=1S/C8H18N2O/c1-4-11-7-5-6(9)8(7)10(2)3/h6-8H,4-5,9H2,1-3H3. The van der Waals surface area contributed by atoms with Gasteiger partial charge in [0.25, 0.3) is 0 Å². The molecule has 1 rings (SSSR count). The lowest BCUT2D eigenvalue weighted by Gasteiger charge is -2.45. The van der Waals surface area contributed by atoms with Crippen LogP contribution >= 0.6 is 0 Å². The molecule has 0 aliphatic heterocycles. The molecule has 0 aromatic carbocycles. The highest BCUT2D eigenvalue weighted by atomic mass is 16.5. The predicted molar refractivity (Wildman–Crippen MR) is 45.5 cm³/mol. The highest BCUT2D eigenvalue weighted by Gasteiger charge is 2.40. The van der Waals surface area contributed by atoms with E-state index in [1.165, 1.54) is 0 Å². The van der Waals surface area contributed by atoms with E-state index >= 15 is 0 Å². The molecule has 3 unspecified atom stereocenters. The fourth-order valence-corrected chi connectivity index (χ4v) is 1.72. The van der Waals surface area contributed by atoms with Crippen molar-refractivity contribution in [2.24, 2.45) is 5.73 Å². The molecule has 1 aliphatic carbocycles. The minimum Gasteiger partial charge on any atom is -0.377 e. The van der Waals surface area contributed by atoms with E-state index in [1.54, 1.807) is 0 Å². The fraction of sp³-hybridized carbons (Fsp3) is 1.00. The molecule has 0 aromatic rings. The van der Waals surface area contributed by atoms with Gasteiger partial charge in [-0.05, 0) is 27.4 Å². The first-order chi connectivity index (χ1) is 5.16. The molecule has 0 heterocycles. The number of hydrogen-bond donors (Lipinski definition) is 1. The Morgan fingerprint density at radius 3 is 2.55 bits per heavy atom. The third kappa shape index (κ3) is 1.72. The summed E-state index contributed by atoms with van der Waals surface area (Å²) in [6.07, 6.45) is 1.38. The minimum absolute atomic E-state index is 0.307. The van der Waals surface area contributed by atoms with Crippen LogP contribution in [-0.4, -0.2) is 43.8 Å². The molecule has 0 radical (unpaired) electrons. The first-order valence-electron chi connectivity index (χ1n) is 4.20. The Morgan fingerprint density at radius 1 is 1.55 bits per heavy atom. The Bertz CT molecular complexity index is 121. The summed E-state index contributed by atoms with van der Waals surface area (Å²) < 4.78 is 5.50. The van der Waals surface area contributed by atoms with Gasteiger partial charge in [0.2, 0.25) is 0 Å². The summed E-state index contributed by atoms with van der Waals surface area (Å²) in [6, 6.07) is 0.733. The second kappa shape index (κ2) is 3.52. The molecule has 11 heavy (non-hydrogen) atoms. The summed E-state index contributed by atoms with van der Waals surface area (Å²) >= 11 is 0. The van der Waals surface area contributed by atoms with E-state index in [-0.39, 0.29) is 0 Å². The van der Waals surface area contributed by atoms with Crippen LogP contribution in [0, 0.1) is 0 Å². The van der Waals surface area contributed by atoms with E-state index in [2.05, 4.69) is 19.0 Å². The third-order valence-electron chi connectivity index (χ3n) is 2.30. The van der Waals surface area contributed by atoms with E-state index in [0.29, 0.717) is 18.2 Å². The maximum Gasteiger partial charge on any atom is 0.0760 e. The zero-order chi connectivity index (χ0) is 8.43. The highest BCUT2D eigenvalue weighted by Crippen LogP contribution is 2.25. The lowest BCUT2D eigenvalue weighted by Crippen LogP contribution is -2.63. The van der Waals surface area contributed by atoms with Crippen LogP contribution in [0.15, 0.2) is 0 Å². The van der Waals surface area contributed by atoms with Crippen LogP contribution in [0.25, 0.3) is 0 Å². The van der Waals surface area contributed by atoms with E-state index in [9.17, 15) is 0 Å². The molecule has 1 saturated carbocycles. The number of nitrogens with two attached hydrogens (primary N) is 1. The van der Waals surface area contributed by atoms with Gasteiger partial charge in [-0.3, -0.25) is 0 Å². The van der Waals surface area contributed by atoms with Crippen LogP contribution in [0.3, 0.4) is 0 Å². The van der Waals surface area contributed by atoms with Crippen LogP contribution < -0.4 is 5.73 Å². The molecule has 3 atom stereocenters. The van der Waals surface area contributed by atoms with Gasteiger partial charge in [0.05, 0.1) is 12.1 Å². The number of likely N-dealkylation sites (N-methyl/N-ethyl adjacent to an activating group) is 1. The molecule has 1 aliphatic rings. The quantitative estimate of drug-likeness (QED) is 0.631. The average Bonchev–Trinajstić information content (AvgIpc) is 1.85.